The molecule has 0 atom stereocenters. The average molecular weight is 386 g/mol. The Morgan fingerprint density at radius 2 is 2.15 bits per heavy atom. The van der Waals surface area contributed by atoms with Crippen LogP contribution in [0, 0.1) is 0 Å². The van der Waals surface area contributed by atoms with Crippen LogP contribution in [0.3, 0.4) is 0 Å². The molecule has 0 saturated carbocycles. The molecule has 1 amide bonds. The molecule has 1 aromatic carbocycles. The Morgan fingerprint density at radius 3 is 3.04 bits per heavy atom. The zero-order chi connectivity index (χ0) is 17.8. The monoisotopic (exact) mass is 385 g/mol. The molecule has 0 radical (unpaired) electrons. The fourth-order valence-electron chi connectivity index (χ4n) is 3.16. The van der Waals surface area contributed by atoms with Gasteiger partial charge in [-0.3, -0.25) is 4.79 Å². The summed E-state index contributed by atoms with van der Waals surface area (Å²) in [5.74, 6) is 0.272. The number of aryl methyl sites for hydroxylation is 1. The van der Waals surface area contributed by atoms with Gasteiger partial charge >= 0.3 is 0 Å². The number of carbonyl (C=O) groups is 1. The van der Waals surface area contributed by atoms with Gasteiger partial charge in [0, 0.05) is 4.88 Å². The Bertz CT molecular complexity index is 891. The first-order valence-corrected chi connectivity index (χ1v) is 10.5. The fourth-order valence-corrected chi connectivity index (χ4v) is 4.52. The van der Waals surface area contributed by atoms with Gasteiger partial charge < -0.3 is 5.32 Å². The number of hydrogen-bond acceptors (Lipinski definition) is 6. The summed E-state index contributed by atoms with van der Waals surface area (Å²) in [6, 6.07) is 10.3. The molecule has 0 fully saturated rings. The van der Waals surface area contributed by atoms with E-state index in [1.54, 1.807) is 16.0 Å². The second kappa shape index (κ2) is 8.01. The summed E-state index contributed by atoms with van der Waals surface area (Å²) in [7, 11) is 0. The summed E-state index contributed by atoms with van der Waals surface area (Å²) < 4.78 is 1.77. The highest BCUT2D eigenvalue weighted by molar-refractivity contribution is 7.99. The number of thioether (sulfide) groups is 1. The average Bonchev–Trinajstić information content (AvgIpc) is 3.36. The molecule has 134 valence electrons. The number of rotatable bonds is 6. The molecule has 2 aromatic heterocycles. The van der Waals surface area contributed by atoms with Crippen molar-refractivity contribution in [3.63, 3.8) is 0 Å². The number of nitrogens with one attached hydrogen (secondary N) is 1. The van der Waals surface area contributed by atoms with Crippen molar-refractivity contribution < 1.29 is 4.79 Å². The van der Waals surface area contributed by atoms with Crippen molar-refractivity contribution in [2.75, 3.05) is 5.75 Å². The van der Waals surface area contributed by atoms with E-state index in [0.717, 1.165) is 23.4 Å². The first-order valence-electron chi connectivity index (χ1n) is 8.62. The molecule has 0 spiro atoms. The van der Waals surface area contributed by atoms with E-state index in [4.69, 9.17) is 0 Å². The van der Waals surface area contributed by atoms with Gasteiger partial charge in [-0.15, -0.1) is 16.4 Å². The summed E-state index contributed by atoms with van der Waals surface area (Å²) in [6.07, 6.45) is 4.59. The molecule has 3 aromatic rings. The minimum Gasteiger partial charge on any atom is -0.350 e. The summed E-state index contributed by atoms with van der Waals surface area (Å²) in [5.41, 5.74) is 3.75. The molecular weight excluding hydrogens is 366 g/mol. The van der Waals surface area contributed by atoms with Crippen molar-refractivity contribution in [2.45, 2.75) is 37.4 Å². The van der Waals surface area contributed by atoms with Crippen LogP contribution in [0.2, 0.25) is 0 Å². The highest BCUT2D eigenvalue weighted by atomic mass is 32.2. The highest BCUT2D eigenvalue weighted by Crippen LogP contribution is 2.28. The van der Waals surface area contributed by atoms with Crippen molar-refractivity contribution >= 4 is 29.0 Å². The normalized spacial score (nSPS) is 13.4. The Morgan fingerprint density at radius 1 is 1.23 bits per heavy atom. The maximum absolute atomic E-state index is 12.1. The highest BCUT2D eigenvalue weighted by Gasteiger charge is 2.18. The minimum atomic E-state index is -0.0203. The molecule has 1 N–H and O–H groups in total. The predicted molar refractivity (Wildman–Crippen MR) is 103 cm³/mol. The SMILES string of the molecule is O=C(CSc1nnnn1-c1cccc2c1CCCC2)NCc1cccs1. The molecule has 0 bridgehead atoms. The zero-order valence-corrected chi connectivity index (χ0v) is 15.9. The van der Waals surface area contributed by atoms with Crippen LogP contribution in [0.15, 0.2) is 40.9 Å². The van der Waals surface area contributed by atoms with Gasteiger partial charge in [0.1, 0.15) is 0 Å². The van der Waals surface area contributed by atoms with Gasteiger partial charge in [0.25, 0.3) is 0 Å². The lowest BCUT2D eigenvalue weighted by atomic mass is 9.90. The standard InChI is InChI=1S/C18H19N5OS2/c24-17(19-11-14-7-4-10-25-14)12-26-18-20-21-22-23(18)16-9-3-6-13-5-1-2-8-15(13)16/h3-4,6-7,9-10H,1-2,5,8,11-12H2,(H,19,24). The largest absolute Gasteiger partial charge is 0.350 e. The molecule has 1 aliphatic rings. The van der Waals surface area contributed by atoms with E-state index in [-0.39, 0.29) is 5.91 Å². The second-order valence-corrected chi connectivity index (χ2v) is 8.11. The predicted octanol–water partition coefficient (Wildman–Crippen LogP) is 3.01. The third-order valence-corrected chi connectivity index (χ3v) is 6.21. The van der Waals surface area contributed by atoms with E-state index >= 15 is 0 Å². The molecule has 0 unspecified atom stereocenters. The van der Waals surface area contributed by atoms with Crippen LogP contribution in [0.25, 0.3) is 5.69 Å². The number of hydrogen-bond donors (Lipinski definition) is 1. The Labute approximate surface area is 160 Å². The Hall–Kier alpha value is -2.19. The number of fused-ring (bicyclic) bond motifs is 1. The van der Waals surface area contributed by atoms with Gasteiger partial charge in [-0.05, 0) is 64.7 Å². The van der Waals surface area contributed by atoms with Crippen molar-refractivity contribution in [1.29, 1.82) is 0 Å². The smallest absolute Gasteiger partial charge is 0.230 e. The summed E-state index contributed by atoms with van der Waals surface area (Å²) in [5, 5.41) is 17.7. The van der Waals surface area contributed by atoms with Crippen molar-refractivity contribution in [3.8, 4) is 5.69 Å². The van der Waals surface area contributed by atoms with Crippen molar-refractivity contribution in [2.24, 2.45) is 0 Å². The van der Waals surface area contributed by atoms with Crippen LogP contribution in [0.4, 0.5) is 0 Å². The number of tetrazole rings is 1. The molecule has 6 nitrogen and oxygen atoms in total. The van der Waals surface area contributed by atoms with Crippen LogP contribution >= 0.6 is 23.1 Å². The molecular formula is C18H19N5OS2. The number of amides is 1. The molecule has 2 heterocycles. The van der Waals surface area contributed by atoms with Gasteiger partial charge in [-0.25, -0.2) is 0 Å². The van der Waals surface area contributed by atoms with Gasteiger partial charge in [0.05, 0.1) is 18.0 Å². The summed E-state index contributed by atoms with van der Waals surface area (Å²) in [6.45, 7) is 0.564. The Kier molecular flexibility index (Phi) is 5.31. The van der Waals surface area contributed by atoms with Crippen LogP contribution in [0.5, 0.6) is 0 Å². The summed E-state index contributed by atoms with van der Waals surface area (Å²) in [4.78, 5) is 13.3. The van der Waals surface area contributed by atoms with Crippen molar-refractivity contribution in [1.82, 2.24) is 25.5 Å². The molecule has 0 aliphatic heterocycles. The molecule has 0 saturated heterocycles. The lowest BCUT2D eigenvalue weighted by Crippen LogP contribution is -2.24. The quantitative estimate of drug-likeness (QED) is 0.661. The van der Waals surface area contributed by atoms with Gasteiger partial charge in [0.2, 0.25) is 11.1 Å². The first kappa shape index (κ1) is 17.2. The lowest BCUT2D eigenvalue weighted by molar-refractivity contribution is -0.118. The molecule has 26 heavy (non-hydrogen) atoms. The van der Waals surface area contributed by atoms with E-state index in [9.17, 15) is 4.79 Å². The molecule has 4 rings (SSSR count). The van der Waals surface area contributed by atoms with Crippen LogP contribution in [0.1, 0.15) is 28.8 Å². The van der Waals surface area contributed by atoms with E-state index in [1.165, 1.54) is 35.7 Å². The third kappa shape index (κ3) is 3.81. The third-order valence-electron chi connectivity index (χ3n) is 4.41. The number of carbonyl (C=O) groups excluding carboxylic acids is 1. The molecule has 1 aliphatic carbocycles. The minimum absolute atomic E-state index is 0.0203. The summed E-state index contributed by atoms with van der Waals surface area (Å²) >= 11 is 3.00. The second-order valence-electron chi connectivity index (χ2n) is 6.14. The van der Waals surface area contributed by atoms with Crippen LogP contribution in [-0.4, -0.2) is 31.9 Å². The van der Waals surface area contributed by atoms with E-state index in [2.05, 4.69) is 39.0 Å². The first-order chi connectivity index (χ1) is 12.8. The number of nitrogens with zero attached hydrogens (tertiary/aromatic N) is 4. The van der Waals surface area contributed by atoms with Crippen LogP contribution < -0.4 is 5.32 Å². The van der Waals surface area contributed by atoms with E-state index in [0.29, 0.717) is 17.5 Å². The van der Waals surface area contributed by atoms with Gasteiger partial charge in [0.15, 0.2) is 0 Å². The fraction of sp³-hybridized carbons (Fsp3) is 0.333. The number of benzene rings is 1. The van der Waals surface area contributed by atoms with Gasteiger partial charge in [-0.1, -0.05) is 30.0 Å². The zero-order valence-electron chi connectivity index (χ0n) is 14.2. The Balaban J connectivity index is 1.44. The van der Waals surface area contributed by atoms with Crippen LogP contribution in [-0.2, 0) is 24.2 Å². The number of thiophene rings is 1. The maximum Gasteiger partial charge on any atom is 0.230 e. The van der Waals surface area contributed by atoms with Crippen molar-refractivity contribution in [3.05, 3.63) is 51.7 Å². The molecule has 8 heteroatoms. The van der Waals surface area contributed by atoms with E-state index < -0.39 is 0 Å². The topological polar surface area (TPSA) is 72.7 Å². The maximum atomic E-state index is 12.1. The van der Waals surface area contributed by atoms with Gasteiger partial charge in [-0.2, -0.15) is 4.68 Å². The lowest BCUT2D eigenvalue weighted by Gasteiger charge is -2.19. The van der Waals surface area contributed by atoms with E-state index in [1.807, 2.05) is 17.5 Å². The number of aromatic nitrogens is 4.